The molecule has 0 unspecified atom stereocenters. The van der Waals surface area contributed by atoms with Gasteiger partial charge in [0.2, 0.25) is 17.5 Å². The number of Topliss-reactive ketones (excluding diaryl/α,β-unsaturated/α-hetero) is 2. The van der Waals surface area contributed by atoms with Crippen molar-refractivity contribution in [3.8, 4) is 0 Å². The van der Waals surface area contributed by atoms with Gasteiger partial charge in [-0.25, -0.2) is 0 Å². The maximum Gasteiger partial charge on any atom is 0.221 e. The number of likely N-dealkylation sites (tertiary alicyclic amines) is 1. The van der Waals surface area contributed by atoms with Gasteiger partial charge < -0.3 is 10.2 Å². The van der Waals surface area contributed by atoms with Gasteiger partial charge in [-0.15, -0.1) is 0 Å². The topological polar surface area (TPSA) is 66.5 Å². The van der Waals surface area contributed by atoms with E-state index in [0.29, 0.717) is 16.8 Å². The summed E-state index contributed by atoms with van der Waals surface area (Å²) in [6, 6.07) is 6.93. The minimum atomic E-state index is -0.351. The largest absolute Gasteiger partial charge is 0.364 e. The lowest BCUT2D eigenvalue weighted by atomic mass is 9.87. The SMILES string of the molecule is CC(=O)NC1=C(N2CC[C@H]2C)C(=O)c2ccccc2C1=O. The molecule has 108 valence electrons. The van der Waals surface area contributed by atoms with Gasteiger partial charge in [0.05, 0.1) is 0 Å². The van der Waals surface area contributed by atoms with Crippen LogP contribution in [0.4, 0.5) is 0 Å². The summed E-state index contributed by atoms with van der Waals surface area (Å²) in [5.41, 5.74) is 1.19. The second-order valence-corrected chi connectivity index (χ2v) is 5.44. The lowest BCUT2D eigenvalue weighted by Crippen LogP contribution is -2.50. The number of fused-ring (bicyclic) bond motifs is 1. The molecule has 0 spiro atoms. The number of nitrogens with one attached hydrogen (secondary N) is 1. The Morgan fingerprint density at radius 2 is 1.81 bits per heavy atom. The molecular formula is C16H16N2O3. The molecule has 0 saturated carbocycles. The number of hydrogen-bond donors (Lipinski definition) is 1. The molecule has 0 aromatic heterocycles. The molecule has 1 aromatic rings. The standard InChI is InChI=1S/C16H16N2O3/c1-9-7-8-18(9)14-13(17-10(2)19)15(20)11-5-3-4-6-12(11)16(14)21/h3-6,9H,7-8H2,1-2H3,(H,17,19)/t9-/m1/s1. The third-order valence-electron chi connectivity index (χ3n) is 4.00. The van der Waals surface area contributed by atoms with E-state index in [1.54, 1.807) is 24.3 Å². The summed E-state index contributed by atoms with van der Waals surface area (Å²) < 4.78 is 0. The fourth-order valence-electron chi connectivity index (χ4n) is 2.78. The van der Waals surface area contributed by atoms with E-state index < -0.39 is 0 Å². The van der Waals surface area contributed by atoms with Crippen LogP contribution in [0.5, 0.6) is 0 Å². The Labute approximate surface area is 122 Å². The van der Waals surface area contributed by atoms with Crippen molar-refractivity contribution in [1.82, 2.24) is 10.2 Å². The lowest BCUT2D eigenvalue weighted by Gasteiger charge is -2.43. The van der Waals surface area contributed by atoms with Crippen LogP contribution >= 0.6 is 0 Å². The third-order valence-corrected chi connectivity index (χ3v) is 4.00. The summed E-state index contributed by atoms with van der Waals surface area (Å²) in [5, 5.41) is 2.55. The number of amides is 1. The van der Waals surface area contributed by atoms with Crippen molar-refractivity contribution in [3.63, 3.8) is 0 Å². The van der Waals surface area contributed by atoms with Crippen LogP contribution in [-0.2, 0) is 4.79 Å². The Kier molecular flexibility index (Phi) is 3.12. The van der Waals surface area contributed by atoms with E-state index in [2.05, 4.69) is 5.32 Å². The van der Waals surface area contributed by atoms with Gasteiger partial charge in [0.15, 0.2) is 0 Å². The fraction of sp³-hybridized carbons (Fsp3) is 0.312. The highest BCUT2D eigenvalue weighted by atomic mass is 16.2. The number of allylic oxidation sites excluding steroid dienone is 2. The molecule has 3 rings (SSSR count). The number of hydrogen-bond acceptors (Lipinski definition) is 4. The van der Waals surface area contributed by atoms with Gasteiger partial charge in [-0.2, -0.15) is 0 Å². The van der Waals surface area contributed by atoms with Gasteiger partial charge in [0, 0.05) is 30.6 Å². The van der Waals surface area contributed by atoms with Crippen molar-refractivity contribution in [2.45, 2.75) is 26.3 Å². The van der Waals surface area contributed by atoms with Crippen molar-refractivity contribution in [3.05, 3.63) is 46.8 Å². The van der Waals surface area contributed by atoms with E-state index >= 15 is 0 Å². The molecule has 1 aromatic carbocycles. The van der Waals surface area contributed by atoms with Crippen molar-refractivity contribution in [2.24, 2.45) is 0 Å². The molecule has 1 fully saturated rings. The van der Waals surface area contributed by atoms with Gasteiger partial charge >= 0.3 is 0 Å². The Morgan fingerprint density at radius 3 is 2.29 bits per heavy atom. The highest BCUT2D eigenvalue weighted by Gasteiger charge is 2.39. The Hall–Kier alpha value is -2.43. The first kappa shape index (κ1) is 13.5. The van der Waals surface area contributed by atoms with E-state index in [1.807, 2.05) is 11.8 Å². The summed E-state index contributed by atoms with van der Waals surface area (Å²) >= 11 is 0. The molecule has 1 atom stereocenters. The van der Waals surface area contributed by atoms with E-state index in [9.17, 15) is 14.4 Å². The van der Waals surface area contributed by atoms with Crippen LogP contribution in [0.2, 0.25) is 0 Å². The summed E-state index contributed by atoms with van der Waals surface area (Å²) in [5.74, 6) is -0.841. The van der Waals surface area contributed by atoms with E-state index in [1.165, 1.54) is 6.92 Å². The molecule has 0 bridgehead atoms. The van der Waals surface area contributed by atoms with Crippen LogP contribution in [0.1, 0.15) is 41.0 Å². The van der Waals surface area contributed by atoms with Crippen LogP contribution in [-0.4, -0.2) is 35.0 Å². The molecule has 1 aliphatic heterocycles. The highest BCUT2D eigenvalue weighted by Crippen LogP contribution is 2.32. The quantitative estimate of drug-likeness (QED) is 0.894. The molecule has 2 aliphatic rings. The second kappa shape index (κ2) is 4.84. The molecule has 5 heteroatoms. The summed E-state index contributed by atoms with van der Waals surface area (Å²) in [7, 11) is 0. The summed E-state index contributed by atoms with van der Waals surface area (Å²) in [6.45, 7) is 4.06. The number of ketones is 2. The average Bonchev–Trinajstić information content (AvgIpc) is 2.46. The van der Waals surface area contributed by atoms with Crippen molar-refractivity contribution >= 4 is 17.5 Å². The monoisotopic (exact) mass is 284 g/mol. The van der Waals surface area contributed by atoms with E-state index in [4.69, 9.17) is 0 Å². The van der Waals surface area contributed by atoms with Gasteiger partial charge in [-0.3, -0.25) is 14.4 Å². The molecule has 21 heavy (non-hydrogen) atoms. The van der Waals surface area contributed by atoms with Crippen molar-refractivity contribution in [1.29, 1.82) is 0 Å². The van der Waals surface area contributed by atoms with Gasteiger partial charge in [0.25, 0.3) is 0 Å². The van der Waals surface area contributed by atoms with Crippen LogP contribution in [0.25, 0.3) is 0 Å². The number of carbonyl (C=O) groups excluding carboxylic acids is 3. The second-order valence-electron chi connectivity index (χ2n) is 5.44. The fourth-order valence-corrected chi connectivity index (χ4v) is 2.78. The van der Waals surface area contributed by atoms with Crippen molar-refractivity contribution < 1.29 is 14.4 Å². The Balaban J connectivity index is 2.16. The normalized spacial score (nSPS) is 21.0. The number of rotatable bonds is 2. The molecule has 1 heterocycles. The summed E-state index contributed by atoms with van der Waals surface area (Å²) in [6.07, 6.45) is 0.972. The molecule has 0 radical (unpaired) electrons. The zero-order chi connectivity index (χ0) is 15.1. The van der Waals surface area contributed by atoms with Gasteiger partial charge in [0.1, 0.15) is 11.4 Å². The average molecular weight is 284 g/mol. The number of carbonyl (C=O) groups is 3. The first-order chi connectivity index (χ1) is 10.0. The maximum atomic E-state index is 12.7. The highest BCUT2D eigenvalue weighted by molar-refractivity contribution is 6.27. The molecule has 1 N–H and O–H groups in total. The molecule has 1 saturated heterocycles. The molecule has 1 aliphatic carbocycles. The number of nitrogens with zero attached hydrogens (tertiary/aromatic N) is 1. The third kappa shape index (κ3) is 2.05. The smallest absolute Gasteiger partial charge is 0.221 e. The summed E-state index contributed by atoms with van der Waals surface area (Å²) in [4.78, 5) is 38.6. The first-order valence-corrected chi connectivity index (χ1v) is 6.97. The number of benzene rings is 1. The van der Waals surface area contributed by atoms with Gasteiger partial charge in [-0.1, -0.05) is 24.3 Å². The zero-order valence-electron chi connectivity index (χ0n) is 12.0. The lowest BCUT2D eigenvalue weighted by molar-refractivity contribution is -0.118. The molecule has 1 amide bonds. The minimum absolute atomic E-state index is 0.109. The zero-order valence-corrected chi connectivity index (χ0v) is 12.0. The Morgan fingerprint density at radius 1 is 1.19 bits per heavy atom. The van der Waals surface area contributed by atoms with Crippen molar-refractivity contribution in [2.75, 3.05) is 6.54 Å². The van der Waals surface area contributed by atoms with Crippen LogP contribution in [0.15, 0.2) is 35.7 Å². The first-order valence-electron chi connectivity index (χ1n) is 6.97. The predicted octanol–water partition coefficient (Wildman–Crippen LogP) is 1.51. The van der Waals surface area contributed by atoms with Crippen LogP contribution in [0.3, 0.4) is 0 Å². The van der Waals surface area contributed by atoms with E-state index in [-0.39, 0.29) is 29.2 Å². The molecular weight excluding hydrogens is 268 g/mol. The van der Waals surface area contributed by atoms with Crippen LogP contribution < -0.4 is 5.32 Å². The minimum Gasteiger partial charge on any atom is -0.364 e. The van der Waals surface area contributed by atoms with Gasteiger partial charge in [-0.05, 0) is 13.3 Å². The van der Waals surface area contributed by atoms with Crippen LogP contribution in [0, 0.1) is 0 Å². The van der Waals surface area contributed by atoms with E-state index in [0.717, 1.165) is 13.0 Å². The predicted molar refractivity (Wildman–Crippen MR) is 76.7 cm³/mol. The molecule has 5 nitrogen and oxygen atoms in total. The maximum absolute atomic E-state index is 12.7. The Bertz CT molecular complexity index is 691.